The van der Waals surface area contributed by atoms with E-state index < -0.39 is 0 Å². The summed E-state index contributed by atoms with van der Waals surface area (Å²) in [5, 5.41) is 16.3. The third kappa shape index (κ3) is 2.15. The summed E-state index contributed by atoms with van der Waals surface area (Å²) in [4.78, 5) is 4.71. The monoisotopic (exact) mass is 330 g/mol. The topological polar surface area (TPSA) is 36.7 Å². The second kappa shape index (κ2) is 5.68. The Morgan fingerprint density at radius 2 is 1.15 bits per heavy atom. The predicted octanol–water partition coefficient (Wildman–Crippen LogP) is 6.08. The minimum atomic E-state index is 0.658. The third-order valence-corrected chi connectivity index (χ3v) is 4.94. The van der Waals surface area contributed by atoms with E-state index in [2.05, 4.69) is 60.7 Å². The normalized spacial score (nSPS) is 11.0. The average Bonchev–Trinajstić information content (AvgIpc) is 2.74. The number of nitriles is 1. The lowest BCUT2D eigenvalue weighted by atomic mass is 9.94. The van der Waals surface area contributed by atoms with E-state index in [1.807, 2.05) is 30.5 Å². The standard InChI is InChI=1S/C24H14N2/c25-14-16-9-11-17(12-10-16)24-13-22-20-7-3-1-5-18(20)19-6-2-4-8-21(19)23(22)15-26-24/h1-13,15H. The van der Waals surface area contributed by atoms with Crippen LogP contribution in [0.5, 0.6) is 0 Å². The van der Waals surface area contributed by atoms with Crippen LogP contribution >= 0.6 is 0 Å². The molecule has 5 rings (SSSR count). The maximum atomic E-state index is 8.99. The number of pyridine rings is 1. The highest BCUT2D eigenvalue weighted by Crippen LogP contribution is 2.35. The molecule has 0 aliphatic heterocycles. The van der Waals surface area contributed by atoms with Gasteiger partial charge in [0.2, 0.25) is 0 Å². The Hall–Kier alpha value is -3.70. The molecule has 1 heterocycles. The number of rotatable bonds is 1. The molecule has 0 bridgehead atoms. The SMILES string of the molecule is N#Cc1ccc(-c2cc3c4ccccc4c4ccccc4c3cn2)cc1. The molecule has 1 aromatic heterocycles. The molecular formula is C24H14N2. The van der Waals surface area contributed by atoms with Crippen LogP contribution in [0.1, 0.15) is 5.56 Å². The summed E-state index contributed by atoms with van der Waals surface area (Å²) in [6, 6.07) is 28.9. The lowest BCUT2D eigenvalue weighted by molar-refractivity contribution is 1.36. The Labute approximate surface area is 151 Å². The zero-order chi connectivity index (χ0) is 17.5. The van der Waals surface area contributed by atoms with Crippen molar-refractivity contribution in [1.29, 1.82) is 5.26 Å². The first-order chi connectivity index (χ1) is 12.8. The second-order valence-corrected chi connectivity index (χ2v) is 6.40. The van der Waals surface area contributed by atoms with Gasteiger partial charge in [-0.2, -0.15) is 5.26 Å². The molecule has 0 unspecified atom stereocenters. The first kappa shape index (κ1) is 14.6. The second-order valence-electron chi connectivity index (χ2n) is 6.40. The van der Waals surface area contributed by atoms with E-state index in [0.717, 1.165) is 16.6 Å². The van der Waals surface area contributed by atoms with E-state index in [1.54, 1.807) is 0 Å². The Morgan fingerprint density at radius 3 is 1.73 bits per heavy atom. The summed E-state index contributed by atoms with van der Waals surface area (Å²) in [5.41, 5.74) is 2.59. The van der Waals surface area contributed by atoms with Crippen LogP contribution in [0.2, 0.25) is 0 Å². The van der Waals surface area contributed by atoms with Gasteiger partial charge in [0, 0.05) is 17.1 Å². The van der Waals surface area contributed by atoms with Crippen molar-refractivity contribution in [2.24, 2.45) is 0 Å². The molecule has 0 spiro atoms. The lowest BCUT2D eigenvalue weighted by Gasteiger charge is -2.11. The van der Waals surface area contributed by atoms with Crippen LogP contribution in [0.15, 0.2) is 85.1 Å². The van der Waals surface area contributed by atoms with Crippen molar-refractivity contribution >= 4 is 32.3 Å². The van der Waals surface area contributed by atoms with Gasteiger partial charge in [-0.25, -0.2) is 0 Å². The van der Waals surface area contributed by atoms with E-state index in [4.69, 9.17) is 10.2 Å². The molecule has 0 aliphatic rings. The Morgan fingerprint density at radius 1 is 0.615 bits per heavy atom. The van der Waals surface area contributed by atoms with Gasteiger partial charge in [-0.15, -0.1) is 0 Å². The number of aromatic nitrogens is 1. The highest BCUT2D eigenvalue weighted by Gasteiger charge is 2.10. The smallest absolute Gasteiger partial charge is 0.0991 e. The summed E-state index contributed by atoms with van der Waals surface area (Å²) in [6.45, 7) is 0. The van der Waals surface area contributed by atoms with E-state index in [-0.39, 0.29) is 0 Å². The van der Waals surface area contributed by atoms with Crippen molar-refractivity contribution in [2.45, 2.75) is 0 Å². The van der Waals surface area contributed by atoms with Gasteiger partial charge in [0.25, 0.3) is 0 Å². The molecule has 0 N–H and O–H groups in total. The number of hydrogen-bond donors (Lipinski definition) is 0. The molecular weight excluding hydrogens is 316 g/mol. The van der Waals surface area contributed by atoms with E-state index in [9.17, 15) is 0 Å². The molecule has 0 fully saturated rings. The van der Waals surface area contributed by atoms with Gasteiger partial charge in [-0.05, 0) is 45.1 Å². The highest BCUT2D eigenvalue weighted by atomic mass is 14.7. The number of hydrogen-bond acceptors (Lipinski definition) is 2. The van der Waals surface area contributed by atoms with E-state index in [0.29, 0.717) is 5.56 Å². The number of nitrogens with zero attached hydrogens (tertiary/aromatic N) is 2. The summed E-state index contributed by atoms with van der Waals surface area (Å²) in [7, 11) is 0. The zero-order valence-corrected chi connectivity index (χ0v) is 14.0. The fourth-order valence-corrected chi connectivity index (χ4v) is 3.67. The molecule has 0 amide bonds. The van der Waals surface area contributed by atoms with Crippen molar-refractivity contribution in [3.8, 4) is 17.3 Å². The van der Waals surface area contributed by atoms with Crippen molar-refractivity contribution in [2.75, 3.05) is 0 Å². The van der Waals surface area contributed by atoms with Crippen molar-refractivity contribution < 1.29 is 0 Å². The van der Waals surface area contributed by atoms with Gasteiger partial charge in [0.1, 0.15) is 0 Å². The lowest BCUT2D eigenvalue weighted by Crippen LogP contribution is -1.88. The maximum Gasteiger partial charge on any atom is 0.0991 e. The quantitative estimate of drug-likeness (QED) is 0.349. The summed E-state index contributed by atoms with van der Waals surface area (Å²) < 4.78 is 0. The first-order valence-corrected chi connectivity index (χ1v) is 8.55. The molecule has 0 radical (unpaired) electrons. The Balaban J connectivity index is 1.87. The van der Waals surface area contributed by atoms with Gasteiger partial charge in [-0.1, -0.05) is 60.7 Å². The fourth-order valence-electron chi connectivity index (χ4n) is 3.67. The van der Waals surface area contributed by atoms with E-state index >= 15 is 0 Å². The fraction of sp³-hybridized carbons (Fsp3) is 0. The minimum absolute atomic E-state index is 0.658. The molecule has 0 saturated heterocycles. The summed E-state index contributed by atoms with van der Waals surface area (Å²) in [6.07, 6.45) is 1.97. The number of fused-ring (bicyclic) bond motifs is 6. The average molecular weight is 330 g/mol. The molecule has 26 heavy (non-hydrogen) atoms. The van der Waals surface area contributed by atoms with Crippen LogP contribution in [-0.4, -0.2) is 4.98 Å². The molecule has 5 aromatic rings. The van der Waals surface area contributed by atoms with Crippen molar-refractivity contribution in [3.63, 3.8) is 0 Å². The van der Waals surface area contributed by atoms with Crippen LogP contribution in [0.3, 0.4) is 0 Å². The molecule has 0 saturated carbocycles. The minimum Gasteiger partial charge on any atom is -0.256 e. The number of benzene rings is 4. The molecule has 4 aromatic carbocycles. The Kier molecular flexibility index (Phi) is 3.20. The molecule has 120 valence electrons. The van der Waals surface area contributed by atoms with Crippen molar-refractivity contribution in [1.82, 2.24) is 4.98 Å². The highest BCUT2D eigenvalue weighted by molar-refractivity contribution is 6.25. The molecule has 0 atom stereocenters. The molecule has 2 nitrogen and oxygen atoms in total. The van der Waals surface area contributed by atoms with Crippen LogP contribution in [0, 0.1) is 11.3 Å². The van der Waals surface area contributed by atoms with Gasteiger partial charge >= 0.3 is 0 Å². The maximum absolute atomic E-state index is 8.99. The summed E-state index contributed by atoms with van der Waals surface area (Å²) >= 11 is 0. The van der Waals surface area contributed by atoms with Gasteiger partial charge in [-0.3, -0.25) is 4.98 Å². The van der Waals surface area contributed by atoms with Crippen molar-refractivity contribution in [3.05, 3.63) is 90.6 Å². The van der Waals surface area contributed by atoms with Gasteiger partial charge < -0.3 is 0 Å². The third-order valence-electron chi connectivity index (χ3n) is 4.94. The van der Waals surface area contributed by atoms with E-state index in [1.165, 1.54) is 26.9 Å². The molecule has 2 heteroatoms. The zero-order valence-electron chi connectivity index (χ0n) is 14.0. The first-order valence-electron chi connectivity index (χ1n) is 8.55. The van der Waals surface area contributed by atoms with Crippen LogP contribution in [0.25, 0.3) is 43.6 Å². The van der Waals surface area contributed by atoms with Crippen LogP contribution < -0.4 is 0 Å². The molecule has 0 aliphatic carbocycles. The van der Waals surface area contributed by atoms with Crippen LogP contribution in [0.4, 0.5) is 0 Å². The Bertz CT molecular complexity index is 1290. The predicted molar refractivity (Wildman–Crippen MR) is 107 cm³/mol. The largest absolute Gasteiger partial charge is 0.256 e. The van der Waals surface area contributed by atoms with Crippen LogP contribution in [-0.2, 0) is 0 Å². The van der Waals surface area contributed by atoms with Gasteiger partial charge in [0.15, 0.2) is 0 Å². The van der Waals surface area contributed by atoms with Gasteiger partial charge in [0.05, 0.1) is 17.3 Å². The summed E-state index contributed by atoms with van der Waals surface area (Å²) in [5.74, 6) is 0.